The molecule has 134 valence electrons. The molecule has 7 heteroatoms. The molecule has 1 aliphatic heterocycles. The van der Waals surface area contributed by atoms with Crippen LogP contribution in [0.15, 0.2) is 36.4 Å². The summed E-state index contributed by atoms with van der Waals surface area (Å²) in [4.78, 5) is 14.4. The Morgan fingerprint density at radius 1 is 1.24 bits per heavy atom. The average Bonchev–Trinajstić information content (AvgIpc) is 3.00. The molecule has 0 bridgehead atoms. The number of morpholine rings is 1. The number of amides is 2. The number of hydrogen-bond acceptors (Lipinski definition) is 4. The highest BCUT2D eigenvalue weighted by molar-refractivity contribution is 5.88. The lowest BCUT2D eigenvalue weighted by molar-refractivity contribution is 0.0375. The van der Waals surface area contributed by atoms with Gasteiger partial charge >= 0.3 is 6.03 Å². The van der Waals surface area contributed by atoms with Crippen LogP contribution < -0.4 is 10.6 Å². The molecule has 2 amide bonds. The normalized spacial score (nSPS) is 15.1. The van der Waals surface area contributed by atoms with E-state index in [1.807, 2.05) is 43.4 Å². The van der Waals surface area contributed by atoms with Crippen molar-refractivity contribution in [1.29, 1.82) is 0 Å². The fourth-order valence-corrected chi connectivity index (χ4v) is 2.90. The lowest BCUT2D eigenvalue weighted by atomic mass is 10.1. The van der Waals surface area contributed by atoms with Crippen LogP contribution in [0.3, 0.4) is 0 Å². The molecule has 25 heavy (non-hydrogen) atoms. The molecule has 1 saturated heterocycles. The first-order valence-corrected chi connectivity index (χ1v) is 8.67. The molecule has 0 radical (unpaired) electrons. The van der Waals surface area contributed by atoms with Gasteiger partial charge in [0.2, 0.25) is 0 Å². The molecular formula is C18H25N5O2. The zero-order valence-corrected chi connectivity index (χ0v) is 14.6. The van der Waals surface area contributed by atoms with Gasteiger partial charge in [0, 0.05) is 32.7 Å². The minimum Gasteiger partial charge on any atom is -0.379 e. The maximum Gasteiger partial charge on any atom is 0.320 e. The maximum absolute atomic E-state index is 12.0. The SMILES string of the molecule is Cn1nc(NC(=O)NCCCN2CCOCC2)cc1-c1ccccc1. The third-order valence-electron chi connectivity index (χ3n) is 4.23. The smallest absolute Gasteiger partial charge is 0.320 e. The van der Waals surface area contributed by atoms with E-state index in [2.05, 4.69) is 20.6 Å². The maximum atomic E-state index is 12.0. The molecule has 3 rings (SSSR count). The van der Waals surface area contributed by atoms with E-state index in [0.29, 0.717) is 12.4 Å². The number of urea groups is 1. The predicted molar refractivity (Wildman–Crippen MR) is 97.5 cm³/mol. The van der Waals surface area contributed by atoms with Gasteiger partial charge in [-0.2, -0.15) is 5.10 Å². The number of carbonyl (C=O) groups excluding carboxylic acids is 1. The van der Waals surface area contributed by atoms with Crippen LogP contribution >= 0.6 is 0 Å². The Bertz CT molecular complexity index is 680. The van der Waals surface area contributed by atoms with Crippen molar-refractivity contribution in [3.05, 3.63) is 36.4 Å². The third-order valence-corrected chi connectivity index (χ3v) is 4.23. The van der Waals surface area contributed by atoms with Crippen molar-refractivity contribution in [3.63, 3.8) is 0 Å². The van der Waals surface area contributed by atoms with Gasteiger partial charge in [-0.25, -0.2) is 4.79 Å². The zero-order chi connectivity index (χ0) is 17.5. The van der Waals surface area contributed by atoms with Gasteiger partial charge < -0.3 is 10.1 Å². The van der Waals surface area contributed by atoms with Gasteiger partial charge in [0.15, 0.2) is 5.82 Å². The van der Waals surface area contributed by atoms with E-state index in [9.17, 15) is 4.79 Å². The van der Waals surface area contributed by atoms with Crippen LogP contribution in [0.4, 0.5) is 10.6 Å². The minimum atomic E-state index is -0.223. The summed E-state index contributed by atoms with van der Waals surface area (Å²) in [7, 11) is 1.87. The van der Waals surface area contributed by atoms with Crippen molar-refractivity contribution in [2.75, 3.05) is 44.7 Å². The van der Waals surface area contributed by atoms with Crippen molar-refractivity contribution in [2.24, 2.45) is 7.05 Å². The summed E-state index contributed by atoms with van der Waals surface area (Å²) in [6, 6.07) is 11.6. The summed E-state index contributed by atoms with van der Waals surface area (Å²) in [6.07, 6.45) is 0.922. The van der Waals surface area contributed by atoms with E-state index in [0.717, 1.165) is 50.5 Å². The topological polar surface area (TPSA) is 71.4 Å². The molecule has 1 aromatic carbocycles. The van der Waals surface area contributed by atoms with Gasteiger partial charge in [0.25, 0.3) is 0 Å². The Morgan fingerprint density at radius 2 is 2.00 bits per heavy atom. The number of rotatable bonds is 6. The largest absolute Gasteiger partial charge is 0.379 e. The number of nitrogens with one attached hydrogen (secondary N) is 2. The molecule has 0 spiro atoms. The Kier molecular flexibility index (Phi) is 6.03. The number of ether oxygens (including phenoxy) is 1. The van der Waals surface area contributed by atoms with Crippen molar-refractivity contribution >= 4 is 11.8 Å². The summed E-state index contributed by atoms with van der Waals surface area (Å²) < 4.78 is 7.09. The van der Waals surface area contributed by atoms with Crippen molar-refractivity contribution in [1.82, 2.24) is 20.0 Å². The van der Waals surface area contributed by atoms with Crippen LogP contribution in [0.25, 0.3) is 11.3 Å². The number of aromatic nitrogens is 2. The van der Waals surface area contributed by atoms with Crippen LogP contribution in [0.1, 0.15) is 6.42 Å². The summed E-state index contributed by atoms with van der Waals surface area (Å²) in [5.74, 6) is 0.548. The minimum absolute atomic E-state index is 0.223. The third kappa shape index (κ3) is 5.04. The van der Waals surface area contributed by atoms with Gasteiger partial charge in [-0.1, -0.05) is 30.3 Å². The van der Waals surface area contributed by atoms with Crippen LogP contribution in [0.5, 0.6) is 0 Å². The number of nitrogens with zero attached hydrogens (tertiary/aromatic N) is 3. The number of aryl methyl sites for hydroxylation is 1. The van der Waals surface area contributed by atoms with Gasteiger partial charge in [-0.3, -0.25) is 14.9 Å². The molecular weight excluding hydrogens is 318 g/mol. The molecule has 7 nitrogen and oxygen atoms in total. The number of hydrogen-bond donors (Lipinski definition) is 2. The van der Waals surface area contributed by atoms with E-state index >= 15 is 0 Å². The van der Waals surface area contributed by atoms with E-state index < -0.39 is 0 Å². The standard InChI is InChI=1S/C18H25N5O2/c1-22-16(15-6-3-2-4-7-15)14-17(21-22)20-18(24)19-8-5-9-23-10-12-25-13-11-23/h2-4,6-7,14H,5,8-13H2,1H3,(H2,19,20,21,24). The number of carbonyl (C=O) groups is 1. The van der Waals surface area contributed by atoms with Crippen LogP contribution in [0, 0.1) is 0 Å². The van der Waals surface area contributed by atoms with E-state index in [-0.39, 0.29) is 6.03 Å². The highest BCUT2D eigenvalue weighted by Gasteiger charge is 2.11. The van der Waals surface area contributed by atoms with Gasteiger partial charge in [0.05, 0.1) is 18.9 Å². The fourth-order valence-electron chi connectivity index (χ4n) is 2.90. The highest BCUT2D eigenvalue weighted by Crippen LogP contribution is 2.21. The number of benzene rings is 1. The Balaban J connectivity index is 1.43. The fraction of sp³-hybridized carbons (Fsp3) is 0.444. The lowest BCUT2D eigenvalue weighted by Crippen LogP contribution is -2.38. The average molecular weight is 343 g/mol. The summed E-state index contributed by atoms with van der Waals surface area (Å²) in [5, 5.41) is 10.0. The quantitative estimate of drug-likeness (QED) is 0.786. The van der Waals surface area contributed by atoms with Crippen LogP contribution in [-0.4, -0.2) is 60.1 Å². The molecule has 1 fully saturated rings. The zero-order valence-electron chi connectivity index (χ0n) is 14.6. The summed E-state index contributed by atoms with van der Waals surface area (Å²) in [6.45, 7) is 5.17. The van der Waals surface area contributed by atoms with E-state index in [1.54, 1.807) is 4.68 Å². The Morgan fingerprint density at radius 3 is 2.76 bits per heavy atom. The molecule has 0 unspecified atom stereocenters. The number of anilines is 1. The van der Waals surface area contributed by atoms with Gasteiger partial charge in [-0.15, -0.1) is 0 Å². The second kappa shape index (κ2) is 8.64. The second-order valence-corrected chi connectivity index (χ2v) is 6.09. The summed E-state index contributed by atoms with van der Waals surface area (Å²) in [5.41, 5.74) is 2.03. The first-order valence-electron chi connectivity index (χ1n) is 8.67. The summed E-state index contributed by atoms with van der Waals surface area (Å²) >= 11 is 0. The molecule has 2 aromatic rings. The second-order valence-electron chi connectivity index (χ2n) is 6.09. The molecule has 1 aromatic heterocycles. The Labute approximate surface area is 148 Å². The first kappa shape index (κ1) is 17.4. The molecule has 1 aliphatic rings. The van der Waals surface area contributed by atoms with E-state index in [1.165, 1.54) is 0 Å². The molecule has 0 atom stereocenters. The monoisotopic (exact) mass is 343 g/mol. The van der Waals surface area contributed by atoms with Crippen molar-refractivity contribution < 1.29 is 9.53 Å². The molecule has 0 saturated carbocycles. The van der Waals surface area contributed by atoms with Crippen LogP contribution in [0.2, 0.25) is 0 Å². The predicted octanol–water partition coefficient (Wildman–Crippen LogP) is 1.93. The van der Waals surface area contributed by atoms with Crippen molar-refractivity contribution in [2.45, 2.75) is 6.42 Å². The first-order chi connectivity index (χ1) is 12.2. The van der Waals surface area contributed by atoms with Gasteiger partial charge in [0.1, 0.15) is 0 Å². The molecule has 0 aliphatic carbocycles. The van der Waals surface area contributed by atoms with Crippen molar-refractivity contribution in [3.8, 4) is 11.3 Å². The molecule has 2 heterocycles. The molecule has 2 N–H and O–H groups in total. The lowest BCUT2D eigenvalue weighted by Gasteiger charge is -2.26. The van der Waals surface area contributed by atoms with Gasteiger partial charge in [-0.05, 0) is 18.5 Å². The Hall–Kier alpha value is -2.38. The van der Waals surface area contributed by atoms with Crippen LogP contribution in [-0.2, 0) is 11.8 Å². The van der Waals surface area contributed by atoms with E-state index in [4.69, 9.17) is 4.74 Å². The highest BCUT2D eigenvalue weighted by atomic mass is 16.5.